The van der Waals surface area contributed by atoms with Crippen molar-refractivity contribution in [3.63, 3.8) is 0 Å². The lowest BCUT2D eigenvalue weighted by Crippen LogP contribution is -2.42. The SMILES string of the molecule is CONC(=CNC(=O)c1ccc(C2=CC(c3cc(Cl)cc(Cl)c3)(C(F)(F)F)ON2)c2ccccc12)C(F)(F)F. The average molecular weight is 592 g/mol. The molecule has 0 spiro atoms. The van der Waals surface area contributed by atoms with Crippen molar-refractivity contribution >= 4 is 45.6 Å². The van der Waals surface area contributed by atoms with E-state index in [1.54, 1.807) is 17.6 Å². The molecule has 0 saturated carbocycles. The van der Waals surface area contributed by atoms with E-state index in [1.165, 1.54) is 30.3 Å². The Morgan fingerprint density at radius 2 is 1.64 bits per heavy atom. The smallest absolute Gasteiger partial charge is 0.326 e. The number of rotatable bonds is 6. The summed E-state index contributed by atoms with van der Waals surface area (Å²) in [6.07, 6.45) is -8.55. The second-order valence-electron chi connectivity index (χ2n) is 8.20. The molecule has 0 aromatic heterocycles. The largest absolute Gasteiger partial charge is 0.434 e. The van der Waals surface area contributed by atoms with E-state index in [4.69, 9.17) is 28.0 Å². The Morgan fingerprint density at radius 3 is 2.23 bits per heavy atom. The summed E-state index contributed by atoms with van der Waals surface area (Å²) in [5.41, 5.74) is -0.596. The van der Waals surface area contributed by atoms with Crippen LogP contribution in [0.25, 0.3) is 16.5 Å². The first-order valence-electron chi connectivity index (χ1n) is 10.9. The van der Waals surface area contributed by atoms with Gasteiger partial charge in [-0.1, -0.05) is 53.5 Å². The van der Waals surface area contributed by atoms with Crippen molar-refractivity contribution in [2.75, 3.05) is 7.11 Å². The first-order valence-corrected chi connectivity index (χ1v) is 11.6. The third kappa shape index (κ3) is 5.64. The molecule has 0 bridgehead atoms. The third-order valence-corrected chi connectivity index (χ3v) is 6.14. The molecular weight excluding hydrogens is 575 g/mol. The van der Waals surface area contributed by atoms with Crippen LogP contribution >= 0.6 is 23.2 Å². The van der Waals surface area contributed by atoms with Crippen molar-refractivity contribution in [2.45, 2.75) is 18.0 Å². The van der Waals surface area contributed by atoms with Gasteiger partial charge in [-0.2, -0.15) is 26.3 Å². The Balaban J connectivity index is 1.78. The molecule has 0 fully saturated rings. The number of allylic oxidation sites excluding steroid dienone is 1. The van der Waals surface area contributed by atoms with Gasteiger partial charge in [-0.25, -0.2) is 0 Å². The molecule has 1 heterocycles. The highest BCUT2D eigenvalue weighted by Gasteiger charge is 2.59. The Labute approximate surface area is 227 Å². The standard InChI is InChI=1S/C25H17Cl2F6N3O3/c1-38-36-21(24(28,29)30)12-34-22(37)19-7-6-18(16-4-2-3-5-17(16)19)20-11-23(39-35-20,25(31,32)33)13-8-14(26)10-15(27)9-13/h2-12,35-36H,1H3,(H,34,37). The zero-order valence-electron chi connectivity index (χ0n) is 19.6. The highest BCUT2D eigenvalue weighted by molar-refractivity contribution is 6.34. The number of hydrogen-bond acceptors (Lipinski definition) is 5. The van der Waals surface area contributed by atoms with Gasteiger partial charge in [0.2, 0.25) is 5.60 Å². The summed E-state index contributed by atoms with van der Waals surface area (Å²) in [4.78, 5) is 22.2. The first-order chi connectivity index (χ1) is 18.3. The minimum absolute atomic E-state index is 0.0316. The van der Waals surface area contributed by atoms with Crippen LogP contribution in [0, 0.1) is 0 Å². The molecule has 1 aliphatic rings. The van der Waals surface area contributed by atoms with Gasteiger partial charge in [0.25, 0.3) is 5.91 Å². The maximum atomic E-state index is 14.4. The lowest BCUT2D eigenvalue weighted by atomic mass is 9.90. The quantitative estimate of drug-likeness (QED) is 0.218. The van der Waals surface area contributed by atoms with E-state index in [1.807, 2.05) is 5.32 Å². The minimum Gasteiger partial charge on any atom is -0.326 e. The molecule has 1 atom stereocenters. The van der Waals surface area contributed by atoms with Crippen LogP contribution in [-0.2, 0) is 15.3 Å². The number of nitrogens with one attached hydrogen (secondary N) is 3. The Bertz CT molecular complexity index is 1470. The number of hydrogen-bond donors (Lipinski definition) is 3. The minimum atomic E-state index is -4.94. The molecule has 1 aliphatic heterocycles. The number of carbonyl (C=O) groups is 1. The van der Waals surface area contributed by atoms with Crippen LogP contribution in [0.5, 0.6) is 0 Å². The van der Waals surface area contributed by atoms with E-state index in [0.717, 1.165) is 25.3 Å². The van der Waals surface area contributed by atoms with Gasteiger partial charge in [-0.15, -0.1) is 0 Å². The number of halogens is 8. The molecule has 0 aliphatic carbocycles. The van der Waals surface area contributed by atoms with Gasteiger partial charge in [0.05, 0.1) is 12.8 Å². The zero-order valence-corrected chi connectivity index (χ0v) is 21.1. The fourth-order valence-electron chi connectivity index (χ4n) is 3.97. The van der Waals surface area contributed by atoms with E-state index in [0.29, 0.717) is 11.6 Å². The molecule has 206 valence electrons. The van der Waals surface area contributed by atoms with E-state index < -0.39 is 29.6 Å². The Morgan fingerprint density at radius 1 is 1.00 bits per heavy atom. The molecule has 1 unspecified atom stereocenters. The number of hydroxylamine groups is 2. The van der Waals surface area contributed by atoms with Gasteiger partial charge in [-0.05, 0) is 41.1 Å². The van der Waals surface area contributed by atoms with Crippen LogP contribution in [0.4, 0.5) is 26.3 Å². The molecule has 0 saturated heterocycles. The highest BCUT2D eigenvalue weighted by Crippen LogP contribution is 2.48. The van der Waals surface area contributed by atoms with E-state index >= 15 is 0 Å². The van der Waals surface area contributed by atoms with Crippen molar-refractivity contribution in [3.8, 4) is 0 Å². The van der Waals surface area contributed by atoms with Gasteiger partial charge in [0.15, 0.2) is 5.70 Å². The number of benzene rings is 3. The second-order valence-corrected chi connectivity index (χ2v) is 9.07. The summed E-state index contributed by atoms with van der Waals surface area (Å²) in [5, 5.41) is 2.56. The van der Waals surface area contributed by atoms with Crippen molar-refractivity contribution in [1.29, 1.82) is 0 Å². The summed E-state index contributed by atoms with van der Waals surface area (Å²) in [6.45, 7) is 0. The van der Waals surface area contributed by atoms with E-state index in [-0.39, 0.29) is 37.8 Å². The average Bonchev–Trinajstić information content (AvgIpc) is 3.31. The molecule has 3 aromatic carbocycles. The van der Waals surface area contributed by atoms with Crippen LogP contribution in [0.3, 0.4) is 0 Å². The highest BCUT2D eigenvalue weighted by atomic mass is 35.5. The Hall–Kier alpha value is -3.45. The zero-order chi connectivity index (χ0) is 28.6. The molecule has 14 heteroatoms. The van der Waals surface area contributed by atoms with Crippen molar-refractivity contribution < 1.29 is 40.8 Å². The molecule has 4 rings (SSSR count). The van der Waals surface area contributed by atoms with Crippen LogP contribution < -0.4 is 16.3 Å². The van der Waals surface area contributed by atoms with E-state index in [2.05, 4.69) is 10.3 Å². The molecule has 3 N–H and O–H groups in total. The van der Waals surface area contributed by atoms with E-state index in [9.17, 15) is 31.1 Å². The van der Waals surface area contributed by atoms with Gasteiger partial charge in [0, 0.05) is 32.9 Å². The van der Waals surface area contributed by atoms with Gasteiger partial charge in [0.1, 0.15) is 0 Å². The monoisotopic (exact) mass is 591 g/mol. The normalized spacial score (nSPS) is 18.1. The maximum absolute atomic E-state index is 14.4. The third-order valence-electron chi connectivity index (χ3n) is 5.71. The summed E-state index contributed by atoms with van der Waals surface area (Å²) in [7, 11) is 0.970. The van der Waals surface area contributed by atoms with Gasteiger partial charge >= 0.3 is 12.4 Å². The lowest BCUT2D eigenvalue weighted by Gasteiger charge is -2.28. The van der Waals surface area contributed by atoms with Crippen LogP contribution in [0.2, 0.25) is 10.0 Å². The van der Waals surface area contributed by atoms with Crippen molar-refractivity contribution in [1.82, 2.24) is 16.3 Å². The summed E-state index contributed by atoms with van der Waals surface area (Å²) in [5.74, 6) is -0.903. The summed E-state index contributed by atoms with van der Waals surface area (Å²) >= 11 is 11.9. The molecule has 1 amide bonds. The predicted molar refractivity (Wildman–Crippen MR) is 132 cm³/mol. The molecule has 0 radical (unpaired) electrons. The molecule has 6 nitrogen and oxygen atoms in total. The number of alkyl halides is 6. The first kappa shape index (κ1) is 28.6. The van der Waals surface area contributed by atoms with Crippen LogP contribution in [0.15, 0.2) is 72.6 Å². The molecular formula is C25H17Cl2F6N3O3. The van der Waals surface area contributed by atoms with Gasteiger partial charge in [-0.3, -0.25) is 25.4 Å². The number of carbonyl (C=O) groups excluding carboxylic acids is 1. The van der Waals surface area contributed by atoms with Crippen LogP contribution in [0.1, 0.15) is 21.5 Å². The van der Waals surface area contributed by atoms with Crippen molar-refractivity contribution in [2.24, 2.45) is 0 Å². The number of amides is 1. The molecule has 3 aromatic rings. The maximum Gasteiger partial charge on any atom is 0.434 e. The predicted octanol–water partition coefficient (Wildman–Crippen LogP) is 6.76. The topological polar surface area (TPSA) is 71.6 Å². The fraction of sp³-hybridized carbons (Fsp3) is 0.160. The number of fused-ring (bicyclic) bond motifs is 1. The van der Waals surface area contributed by atoms with Gasteiger partial charge < -0.3 is 5.32 Å². The Kier molecular flexibility index (Phi) is 7.77. The fourth-order valence-corrected chi connectivity index (χ4v) is 4.50. The lowest BCUT2D eigenvalue weighted by molar-refractivity contribution is -0.269. The second kappa shape index (κ2) is 10.6. The summed E-state index contributed by atoms with van der Waals surface area (Å²) in [6, 6.07) is 12.2. The van der Waals surface area contributed by atoms with Crippen molar-refractivity contribution in [3.05, 3.63) is 99.3 Å². The molecule has 39 heavy (non-hydrogen) atoms. The van der Waals surface area contributed by atoms with Crippen LogP contribution in [-0.4, -0.2) is 25.4 Å². The summed E-state index contributed by atoms with van der Waals surface area (Å²) < 4.78 is 82.3.